The molecule has 0 spiro atoms. The van der Waals surface area contributed by atoms with Crippen LogP contribution in [0.1, 0.15) is 38.1 Å². The Kier molecular flexibility index (Phi) is 5.31. The van der Waals surface area contributed by atoms with E-state index in [9.17, 15) is 0 Å². The smallest absolute Gasteiger partial charge is 0.223 e. The molecule has 1 aromatic heterocycles. The maximum Gasteiger partial charge on any atom is 0.223 e. The number of nitrogens with one attached hydrogen (secondary N) is 2. The van der Waals surface area contributed by atoms with Crippen molar-refractivity contribution in [2.45, 2.75) is 45.1 Å². The Bertz CT molecular complexity index is 408. The van der Waals surface area contributed by atoms with Crippen LogP contribution in [0.15, 0.2) is 6.07 Å². The lowest BCUT2D eigenvalue weighted by Crippen LogP contribution is -2.49. The summed E-state index contributed by atoms with van der Waals surface area (Å²) < 4.78 is 5.36. The lowest BCUT2D eigenvalue weighted by molar-refractivity contribution is 0.127. The molecule has 1 fully saturated rings. The highest BCUT2D eigenvalue weighted by Gasteiger charge is 2.33. The number of rotatable bonds is 7. The van der Waals surface area contributed by atoms with Crippen LogP contribution in [0, 0.1) is 0 Å². The fourth-order valence-electron chi connectivity index (χ4n) is 2.71. The molecule has 0 aliphatic carbocycles. The zero-order chi connectivity index (χ0) is 14.4. The molecule has 5 nitrogen and oxygen atoms in total. The highest BCUT2D eigenvalue weighted by molar-refractivity contribution is 5.29. The Morgan fingerprint density at radius 3 is 2.50 bits per heavy atom. The minimum Gasteiger partial charge on any atom is -0.383 e. The number of ether oxygens (including phenoxy) is 1. The average Bonchev–Trinajstić information content (AvgIpc) is 2.94. The van der Waals surface area contributed by atoms with Crippen LogP contribution in [-0.2, 0) is 17.6 Å². The van der Waals surface area contributed by atoms with Crippen LogP contribution in [0.25, 0.3) is 0 Å². The van der Waals surface area contributed by atoms with Gasteiger partial charge in [-0.05, 0) is 38.3 Å². The molecule has 20 heavy (non-hydrogen) atoms. The second-order valence-electron chi connectivity index (χ2n) is 5.48. The zero-order valence-electron chi connectivity index (χ0n) is 12.8. The highest BCUT2D eigenvalue weighted by Crippen LogP contribution is 2.20. The number of aromatic nitrogens is 2. The summed E-state index contributed by atoms with van der Waals surface area (Å²) in [6.07, 6.45) is 4.19. The molecule has 0 bridgehead atoms. The molecule has 112 valence electrons. The van der Waals surface area contributed by atoms with E-state index in [0.717, 1.165) is 49.7 Å². The van der Waals surface area contributed by atoms with Crippen molar-refractivity contribution in [1.29, 1.82) is 0 Å². The molecule has 1 unspecified atom stereocenters. The number of aryl methyl sites for hydroxylation is 2. The van der Waals surface area contributed by atoms with E-state index in [1.165, 1.54) is 6.42 Å². The van der Waals surface area contributed by atoms with Gasteiger partial charge in [-0.3, -0.25) is 0 Å². The molecule has 0 amide bonds. The van der Waals surface area contributed by atoms with Crippen molar-refractivity contribution in [3.63, 3.8) is 0 Å². The first kappa shape index (κ1) is 15.2. The van der Waals surface area contributed by atoms with E-state index in [-0.39, 0.29) is 5.54 Å². The summed E-state index contributed by atoms with van der Waals surface area (Å²) >= 11 is 0. The number of nitrogens with zero attached hydrogens (tertiary/aromatic N) is 2. The van der Waals surface area contributed by atoms with Gasteiger partial charge in [0.2, 0.25) is 5.95 Å². The summed E-state index contributed by atoms with van der Waals surface area (Å²) in [6.45, 7) is 6.82. The maximum absolute atomic E-state index is 5.36. The summed E-state index contributed by atoms with van der Waals surface area (Å²) in [7, 11) is 1.76. The van der Waals surface area contributed by atoms with Gasteiger partial charge in [0.15, 0.2) is 0 Å². The molecule has 2 rings (SSSR count). The van der Waals surface area contributed by atoms with Crippen molar-refractivity contribution in [3.05, 3.63) is 17.5 Å². The van der Waals surface area contributed by atoms with Gasteiger partial charge < -0.3 is 15.4 Å². The van der Waals surface area contributed by atoms with E-state index in [1.807, 2.05) is 0 Å². The first-order valence-corrected chi connectivity index (χ1v) is 7.56. The van der Waals surface area contributed by atoms with Gasteiger partial charge >= 0.3 is 0 Å². The molecule has 5 heteroatoms. The van der Waals surface area contributed by atoms with Crippen molar-refractivity contribution in [3.8, 4) is 0 Å². The van der Waals surface area contributed by atoms with Crippen LogP contribution in [0.4, 0.5) is 5.95 Å². The molecule has 1 aromatic rings. The first-order valence-electron chi connectivity index (χ1n) is 7.56. The van der Waals surface area contributed by atoms with Crippen LogP contribution >= 0.6 is 0 Å². The summed E-state index contributed by atoms with van der Waals surface area (Å²) in [5.41, 5.74) is 2.21. The van der Waals surface area contributed by atoms with Crippen molar-refractivity contribution >= 4 is 5.95 Å². The molecular weight excluding hydrogens is 252 g/mol. The molecule has 0 radical (unpaired) electrons. The third-order valence-electron chi connectivity index (χ3n) is 3.89. The van der Waals surface area contributed by atoms with Gasteiger partial charge in [0.25, 0.3) is 0 Å². The summed E-state index contributed by atoms with van der Waals surface area (Å²) in [4.78, 5) is 9.12. The SMILES string of the molecule is CCc1cc(CC)nc(NCC2(COC)CCCN2)n1. The summed E-state index contributed by atoms with van der Waals surface area (Å²) in [5, 5.41) is 6.95. The van der Waals surface area contributed by atoms with E-state index < -0.39 is 0 Å². The van der Waals surface area contributed by atoms with Gasteiger partial charge in [-0.1, -0.05) is 13.8 Å². The quantitative estimate of drug-likeness (QED) is 0.796. The molecule has 1 saturated heterocycles. The second kappa shape index (κ2) is 6.99. The topological polar surface area (TPSA) is 59.1 Å². The molecule has 1 aliphatic heterocycles. The second-order valence-corrected chi connectivity index (χ2v) is 5.48. The molecule has 0 aromatic carbocycles. The first-order chi connectivity index (χ1) is 9.71. The maximum atomic E-state index is 5.36. The normalized spacial score (nSPS) is 22.1. The van der Waals surface area contributed by atoms with Crippen LogP contribution in [-0.4, -0.2) is 42.3 Å². The molecule has 2 N–H and O–H groups in total. The number of hydrogen-bond acceptors (Lipinski definition) is 5. The van der Waals surface area contributed by atoms with E-state index in [1.54, 1.807) is 7.11 Å². The van der Waals surface area contributed by atoms with Gasteiger partial charge in [-0.15, -0.1) is 0 Å². The number of hydrogen-bond donors (Lipinski definition) is 2. The van der Waals surface area contributed by atoms with Crippen LogP contribution in [0.3, 0.4) is 0 Å². The molecule has 0 saturated carbocycles. The summed E-state index contributed by atoms with van der Waals surface area (Å²) in [5.74, 6) is 0.741. The van der Waals surface area contributed by atoms with Crippen LogP contribution < -0.4 is 10.6 Å². The van der Waals surface area contributed by atoms with E-state index in [0.29, 0.717) is 6.61 Å². The third-order valence-corrected chi connectivity index (χ3v) is 3.89. The Morgan fingerprint density at radius 2 is 2.00 bits per heavy atom. The van der Waals surface area contributed by atoms with Crippen molar-refractivity contribution in [2.24, 2.45) is 0 Å². The lowest BCUT2D eigenvalue weighted by Gasteiger charge is -2.29. The Hall–Kier alpha value is -1.20. The van der Waals surface area contributed by atoms with Crippen LogP contribution in [0.5, 0.6) is 0 Å². The van der Waals surface area contributed by atoms with Crippen molar-refractivity contribution in [1.82, 2.24) is 15.3 Å². The Balaban J connectivity index is 2.05. The fourth-order valence-corrected chi connectivity index (χ4v) is 2.71. The monoisotopic (exact) mass is 278 g/mol. The van der Waals surface area contributed by atoms with E-state index >= 15 is 0 Å². The van der Waals surface area contributed by atoms with Crippen molar-refractivity contribution < 1.29 is 4.74 Å². The minimum atomic E-state index is 0.0205. The van der Waals surface area contributed by atoms with E-state index in [2.05, 4.69) is 40.5 Å². The highest BCUT2D eigenvalue weighted by atomic mass is 16.5. The van der Waals surface area contributed by atoms with Gasteiger partial charge in [-0.2, -0.15) is 0 Å². The van der Waals surface area contributed by atoms with Gasteiger partial charge in [0, 0.05) is 25.0 Å². The summed E-state index contributed by atoms with van der Waals surface area (Å²) in [6, 6.07) is 2.09. The van der Waals surface area contributed by atoms with Gasteiger partial charge in [-0.25, -0.2) is 9.97 Å². The molecular formula is C15H26N4O. The fraction of sp³-hybridized carbons (Fsp3) is 0.733. The Labute approximate surface area is 121 Å². The zero-order valence-corrected chi connectivity index (χ0v) is 12.8. The Morgan fingerprint density at radius 1 is 1.30 bits per heavy atom. The number of anilines is 1. The lowest BCUT2D eigenvalue weighted by atomic mass is 9.99. The standard InChI is InChI=1S/C15H26N4O/c1-4-12-9-13(5-2)19-14(18-12)16-10-15(11-20-3)7-6-8-17-15/h9,17H,4-8,10-11H2,1-3H3,(H,16,18,19). The number of methoxy groups -OCH3 is 1. The third kappa shape index (κ3) is 3.67. The van der Waals surface area contributed by atoms with Crippen LogP contribution in [0.2, 0.25) is 0 Å². The van der Waals surface area contributed by atoms with Gasteiger partial charge in [0.1, 0.15) is 0 Å². The minimum absolute atomic E-state index is 0.0205. The van der Waals surface area contributed by atoms with E-state index in [4.69, 9.17) is 4.74 Å². The van der Waals surface area contributed by atoms with Gasteiger partial charge in [0.05, 0.1) is 12.1 Å². The predicted molar refractivity (Wildman–Crippen MR) is 81.1 cm³/mol. The molecule has 1 atom stereocenters. The molecule has 1 aliphatic rings. The predicted octanol–water partition coefficient (Wildman–Crippen LogP) is 1.78. The molecule has 2 heterocycles. The average molecular weight is 278 g/mol. The largest absolute Gasteiger partial charge is 0.383 e. The van der Waals surface area contributed by atoms with Crippen molar-refractivity contribution in [2.75, 3.05) is 32.1 Å².